The van der Waals surface area contributed by atoms with E-state index >= 15 is 19.2 Å². The minimum Gasteiger partial charge on any atom is -0.479 e. The van der Waals surface area contributed by atoms with Gasteiger partial charge in [0.05, 0.1) is 0 Å². The number of imide groups is 1. The predicted molar refractivity (Wildman–Crippen MR) is 203 cm³/mol. The molecule has 0 radical (unpaired) electrons. The monoisotopic (exact) mass is 732 g/mol. The zero-order valence-electron chi connectivity index (χ0n) is 32.7. The maximum Gasteiger partial charge on any atom is 0.345 e. The number of amides is 2. The number of rotatable bonds is 8. The first-order chi connectivity index (χ1) is 25.8. The first kappa shape index (κ1) is 37.9. The number of hydrogen-bond donors (Lipinski definition) is 1. The van der Waals surface area contributed by atoms with E-state index in [1.54, 1.807) is 0 Å². The predicted octanol–water partition coefficient (Wildman–Crippen LogP) is 9.73. The molecule has 12 atom stereocenters. The van der Waals surface area contributed by atoms with E-state index in [1.165, 1.54) is 0 Å². The van der Waals surface area contributed by atoms with Crippen LogP contribution in [0.3, 0.4) is 0 Å². The van der Waals surface area contributed by atoms with Crippen LogP contribution < -0.4 is 0 Å². The van der Waals surface area contributed by atoms with E-state index in [4.69, 9.17) is 0 Å². The van der Waals surface area contributed by atoms with Crippen LogP contribution in [0.1, 0.15) is 180 Å². The molecule has 0 spiro atoms. The fraction of sp³-hybridized carbons (Fsp3) is 0.891. The summed E-state index contributed by atoms with van der Waals surface area (Å²) in [4.78, 5) is 79.4. The third kappa shape index (κ3) is 6.80. The average Bonchev–Trinajstić information content (AvgIpc) is 3.20. The van der Waals surface area contributed by atoms with Gasteiger partial charge < -0.3 is 5.11 Å². The van der Waals surface area contributed by atoms with Crippen LogP contribution >= 0.6 is 0 Å². The van der Waals surface area contributed by atoms with Gasteiger partial charge in [-0.05, 0) is 98.7 Å². The van der Waals surface area contributed by atoms with Crippen LogP contribution in [0.5, 0.6) is 0 Å². The van der Waals surface area contributed by atoms with Crippen molar-refractivity contribution in [1.29, 1.82) is 0 Å². The Bertz CT molecular complexity index is 1290. The van der Waals surface area contributed by atoms with Gasteiger partial charge in [-0.2, -0.15) is 0 Å². The van der Waals surface area contributed by atoms with E-state index in [2.05, 4.69) is 0 Å². The van der Waals surface area contributed by atoms with Crippen molar-refractivity contribution in [3.8, 4) is 0 Å². The van der Waals surface area contributed by atoms with Gasteiger partial charge in [-0.25, -0.2) is 4.79 Å². The quantitative estimate of drug-likeness (QED) is 0.197. The van der Waals surface area contributed by atoms with Gasteiger partial charge in [-0.15, -0.1) is 0 Å². The van der Waals surface area contributed by atoms with Crippen molar-refractivity contribution in [3.63, 3.8) is 0 Å². The Morgan fingerprint density at radius 2 is 0.623 bits per heavy atom. The summed E-state index contributed by atoms with van der Waals surface area (Å²) in [6, 6.07) is 0. The number of aliphatic carboxylic acids is 1. The van der Waals surface area contributed by atoms with E-state index in [1.807, 2.05) is 0 Å². The minimum absolute atomic E-state index is 0.0205. The van der Waals surface area contributed by atoms with Crippen molar-refractivity contribution in [1.82, 2.24) is 4.90 Å². The molecule has 7 heteroatoms. The summed E-state index contributed by atoms with van der Waals surface area (Å²) in [5.41, 5.74) is -2.77. The molecule has 8 fully saturated rings. The standard InChI is InChI=1S/C46H69NO6/c48-41(37-25-9-17-29-13-1-5-21-33(29)37)46(45(52)53,42(49)38-26-10-18-30-14-2-6-22-34(30)38)47(43(50)39-27-11-19-31-15-3-7-23-35(31)39)44(51)40-28-12-20-32-16-4-8-24-36(32)40/h29-40H,1-28H2,(H,52,53). The summed E-state index contributed by atoms with van der Waals surface area (Å²) in [7, 11) is 0. The molecule has 12 unspecified atom stereocenters. The first-order valence-corrected chi connectivity index (χ1v) is 23.0. The summed E-state index contributed by atoms with van der Waals surface area (Å²) in [5, 5.41) is 12.0. The molecule has 53 heavy (non-hydrogen) atoms. The zero-order valence-corrected chi connectivity index (χ0v) is 32.7. The number of hydrogen-bond acceptors (Lipinski definition) is 5. The number of carbonyl (C=O) groups is 5. The van der Waals surface area contributed by atoms with Crippen LogP contribution in [0, 0.1) is 71.0 Å². The van der Waals surface area contributed by atoms with Crippen molar-refractivity contribution in [2.75, 3.05) is 0 Å². The lowest BCUT2D eigenvalue weighted by molar-refractivity contribution is -0.183. The molecule has 0 aromatic rings. The molecule has 7 nitrogen and oxygen atoms in total. The number of carboxylic acid groups (broad SMARTS) is 1. The van der Waals surface area contributed by atoms with Crippen LogP contribution in [-0.2, 0) is 24.0 Å². The van der Waals surface area contributed by atoms with Gasteiger partial charge >= 0.3 is 5.97 Å². The van der Waals surface area contributed by atoms with Crippen LogP contribution in [0.4, 0.5) is 0 Å². The summed E-state index contributed by atoms with van der Waals surface area (Å²) in [5.74, 6) is -4.22. The Labute approximate surface area is 318 Å². The molecule has 8 aliphatic carbocycles. The number of carbonyl (C=O) groups excluding carboxylic acids is 4. The highest BCUT2D eigenvalue weighted by molar-refractivity contribution is 6.32. The fourth-order valence-corrected chi connectivity index (χ4v) is 15.0. The normalized spacial score (nSPS) is 41.2. The molecule has 294 valence electrons. The third-order valence-corrected chi connectivity index (χ3v) is 17.4. The number of carboxylic acids is 1. The van der Waals surface area contributed by atoms with Crippen LogP contribution in [0.15, 0.2) is 0 Å². The Balaban J connectivity index is 1.29. The van der Waals surface area contributed by atoms with Crippen molar-refractivity contribution in [3.05, 3.63) is 0 Å². The summed E-state index contributed by atoms with van der Waals surface area (Å²) in [6.07, 6.45) is 26.2. The fourth-order valence-electron chi connectivity index (χ4n) is 15.0. The lowest BCUT2D eigenvalue weighted by Gasteiger charge is -2.51. The van der Waals surface area contributed by atoms with Gasteiger partial charge in [0.25, 0.3) is 5.54 Å². The molecule has 1 N–H and O–H groups in total. The molecular formula is C46H69NO6. The molecule has 0 heterocycles. The number of fused-ring (bicyclic) bond motifs is 4. The highest BCUT2D eigenvalue weighted by Gasteiger charge is 2.67. The maximum absolute atomic E-state index is 16.0. The Morgan fingerprint density at radius 3 is 0.943 bits per heavy atom. The molecule has 8 rings (SSSR count). The molecule has 0 aromatic heterocycles. The Morgan fingerprint density at radius 1 is 0.358 bits per heavy atom. The summed E-state index contributed by atoms with van der Waals surface area (Å²) in [6.45, 7) is 0. The smallest absolute Gasteiger partial charge is 0.345 e. The van der Waals surface area contributed by atoms with E-state index in [9.17, 15) is 9.90 Å². The summed E-state index contributed by atoms with van der Waals surface area (Å²) >= 11 is 0. The maximum atomic E-state index is 16.0. The molecule has 8 saturated carbocycles. The first-order valence-electron chi connectivity index (χ1n) is 23.0. The second-order valence-corrected chi connectivity index (χ2v) is 19.7. The van der Waals surface area contributed by atoms with Gasteiger partial charge in [-0.3, -0.25) is 24.1 Å². The average molecular weight is 732 g/mol. The van der Waals surface area contributed by atoms with Gasteiger partial charge in [0.2, 0.25) is 11.8 Å². The molecular weight excluding hydrogens is 663 g/mol. The van der Waals surface area contributed by atoms with Crippen LogP contribution in [0.2, 0.25) is 0 Å². The Kier molecular flexibility index (Phi) is 11.6. The van der Waals surface area contributed by atoms with E-state index in [0.717, 1.165) is 159 Å². The Hall–Kier alpha value is -2.05. The van der Waals surface area contributed by atoms with Crippen molar-refractivity contribution >= 4 is 29.4 Å². The molecule has 8 aliphatic rings. The van der Waals surface area contributed by atoms with Crippen LogP contribution in [-0.4, -0.2) is 44.9 Å². The topological polar surface area (TPSA) is 109 Å². The molecule has 0 aromatic carbocycles. The van der Waals surface area contributed by atoms with Crippen LogP contribution in [0.25, 0.3) is 0 Å². The minimum atomic E-state index is -2.77. The van der Waals surface area contributed by atoms with Crippen molar-refractivity contribution in [2.45, 2.75) is 185 Å². The lowest BCUT2D eigenvalue weighted by atomic mass is 9.57. The molecule has 0 saturated heterocycles. The van der Waals surface area contributed by atoms with Gasteiger partial charge in [0.1, 0.15) is 0 Å². The van der Waals surface area contributed by atoms with E-state index < -0.39 is 58.6 Å². The lowest BCUT2D eigenvalue weighted by Crippen LogP contribution is -2.74. The van der Waals surface area contributed by atoms with Crippen molar-refractivity contribution in [2.24, 2.45) is 71.0 Å². The highest BCUT2D eigenvalue weighted by Crippen LogP contribution is 2.53. The van der Waals surface area contributed by atoms with Crippen molar-refractivity contribution < 1.29 is 29.1 Å². The SMILES string of the molecule is O=C(C1CCCC2CCCCC21)N(C(=O)C1CCCC2CCCCC21)C(C(=O)O)(C(=O)C1CCCC2CCCCC21)C(=O)C1CCCC2CCCCC21. The summed E-state index contributed by atoms with van der Waals surface area (Å²) < 4.78 is 0. The van der Waals surface area contributed by atoms with E-state index in [-0.39, 0.29) is 23.7 Å². The second kappa shape index (κ2) is 16.2. The third-order valence-electron chi connectivity index (χ3n) is 17.4. The van der Waals surface area contributed by atoms with Gasteiger partial charge in [0, 0.05) is 23.7 Å². The largest absolute Gasteiger partial charge is 0.479 e. The van der Waals surface area contributed by atoms with Gasteiger partial charge in [0.15, 0.2) is 11.6 Å². The number of Topliss-reactive ketones (excluding diaryl/α,β-unsaturated/α-hetero) is 2. The second-order valence-electron chi connectivity index (χ2n) is 19.7. The van der Waals surface area contributed by atoms with E-state index in [0.29, 0.717) is 49.4 Å². The highest BCUT2D eigenvalue weighted by atomic mass is 16.4. The number of nitrogens with zero attached hydrogens (tertiary/aromatic N) is 1. The number of ketones is 2. The molecule has 2 amide bonds. The van der Waals surface area contributed by atoms with Gasteiger partial charge in [-0.1, -0.05) is 128 Å². The zero-order chi connectivity index (χ0) is 36.7. The molecule has 0 bridgehead atoms. The molecule has 0 aliphatic heterocycles.